The molecule has 1 N–H and O–H groups in total. The van der Waals surface area contributed by atoms with Crippen LogP contribution in [0.3, 0.4) is 0 Å². The summed E-state index contributed by atoms with van der Waals surface area (Å²) >= 11 is 3.25. The highest BCUT2D eigenvalue weighted by molar-refractivity contribution is 9.10. The lowest BCUT2D eigenvalue weighted by atomic mass is 10.2. The third-order valence-corrected chi connectivity index (χ3v) is 4.76. The first-order valence-corrected chi connectivity index (χ1v) is 9.02. The number of nitro benzene ring substituents is 1. The maximum atomic E-state index is 12.6. The second kappa shape index (κ2) is 7.24. The molecular formula is C20H12BrN3O4. The van der Waals surface area contributed by atoms with Crippen molar-refractivity contribution in [3.8, 4) is 11.5 Å². The fourth-order valence-electron chi connectivity index (χ4n) is 2.71. The van der Waals surface area contributed by atoms with E-state index >= 15 is 0 Å². The van der Waals surface area contributed by atoms with Crippen molar-refractivity contribution in [3.05, 3.63) is 86.9 Å². The summed E-state index contributed by atoms with van der Waals surface area (Å²) in [6, 6.07) is 18.6. The number of benzene rings is 3. The smallest absolute Gasteiger partial charge is 0.270 e. The van der Waals surface area contributed by atoms with Gasteiger partial charge in [0, 0.05) is 27.9 Å². The van der Waals surface area contributed by atoms with Crippen LogP contribution in [0.5, 0.6) is 0 Å². The van der Waals surface area contributed by atoms with Crippen LogP contribution in [0.15, 0.2) is 75.6 Å². The Labute approximate surface area is 167 Å². The summed E-state index contributed by atoms with van der Waals surface area (Å²) in [5.41, 5.74) is 2.55. The summed E-state index contributed by atoms with van der Waals surface area (Å²) in [6.07, 6.45) is 0. The number of fused-ring (bicyclic) bond motifs is 1. The molecule has 4 aromatic rings. The van der Waals surface area contributed by atoms with Gasteiger partial charge in [0.2, 0.25) is 5.89 Å². The molecule has 0 aliphatic heterocycles. The highest BCUT2D eigenvalue weighted by Crippen LogP contribution is 2.27. The first-order chi connectivity index (χ1) is 13.5. The minimum Gasteiger partial charge on any atom is -0.436 e. The number of rotatable bonds is 4. The van der Waals surface area contributed by atoms with E-state index in [0.29, 0.717) is 27.2 Å². The van der Waals surface area contributed by atoms with Crippen molar-refractivity contribution in [1.82, 2.24) is 4.98 Å². The van der Waals surface area contributed by atoms with Crippen LogP contribution in [0.25, 0.3) is 22.6 Å². The molecule has 0 fully saturated rings. The van der Waals surface area contributed by atoms with Gasteiger partial charge in [-0.1, -0.05) is 18.2 Å². The zero-order chi connectivity index (χ0) is 19.7. The predicted octanol–water partition coefficient (Wildman–Crippen LogP) is 5.42. The van der Waals surface area contributed by atoms with Crippen LogP contribution in [-0.2, 0) is 0 Å². The molecule has 8 heteroatoms. The highest BCUT2D eigenvalue weighted by atomic mass is 79.9. The maximum Gasteiger partial charge on any atom is 0.270 e. The molecule has 0 unspecified atom stereocenters. The number of aromatic nitrogens is 1. The molecule has 3 aromatic carbocycles. The SMILES string of the molecule is O=C(Nc1ccc2oc(-c3ccccc3)nc2c1)c1cc([N+](=O)[O-])ccc1Br. The Bertz CT molecular complexity index is 1200. The van der Waals surface area contributed by atoms with Crippen molar-refractivity contribution in [2.24, 2.45) is 0 Å². The number of halogens is 1. The first kappa shape index (κ1) is 17.9. The molecule has 0 atom stereocenters. The lowest BCUT2D eigenvalue weighted by molar-refractivity contribution is -0.384. The Kier molecular flexibility index (Phi) is 4.62. The van der Waals surface area contributed by atoms with Gasteiger partial charge in [-0.15, -0.1) is 0 Å². The molecule has 0 saturated heterocycles. The van der Waals surface area contributed by atoms with Gasteiger partial charge in [-0.3, -0.25) is 14.9 Å². The number of amides is 1. The molecule has 1 aromatic heterocycles. The number of hydrogen-bond acceptors (Lipinski definition) is 5. The number of nitrogens with one attached hydrogen (secondary N) is 1. The molecule has 0 radical (unpaired) electrons. The second-order valence-corrected chi connectivity index (χ2v) is 6.80. The number of carbonyl (C=O) groups excluding carboxylic acids is 1. The lowest BCUT2D eigenvalue weighted by Crippen LogP contribution is -2.12. The predicted molar refractivity (Wildman–Crippen MR) is 108 cm³/mol. The van der Waals surface area contributed by atoms with E-state index in [-0.39, 0.29) is 11.3 Å². The average molecular weight is 438 g/mol. The van der Waals surface area contributed by atoms with Gasteiger partial charge >= 0.3 is 0 Å². The van der Waals surface area contributed by atoms with Gasteiger partial charge in [0.25, 0.3) is 11.6 Å². The van der Waals surface area contributed by atoms with Crippen LogP contribution in [0.2, 0.25) is 0 Å². The quantitative estimate of drug-likeness (QED) is 0.339. The number of non-ortho nitro benzene ring substituents is 1. The summed E-state index contributed by atoms with van der Waals surface area (Å²) in [5, 5.41) is 13.7. The van der Waals surface area contributed by atoms with Gasteiger partial charge in [-0.2, -0.15) is 0 Å². The third-order valence-electron chi connectivity index (χ3n) is 4.07. The van der Waals surface area contributed by atoms with Gasteiger partial charge in [-0.05, 0) is 52.3 Å². The van der Waals surface area contributed by atoms with Crippen molar-refractivity contribution < 1.29 is 14.1 Å². The van der Waals surface area contributed by atoms with E-state index in [1.165, 1.54) is 18.2 Å². The van der Waals surface area contributed by atoms with Crippen LogP contribution in [-0.4, -0.2) is 15.8 Å². The summed E-state index contributed by atoms with van der Waals surface area (Å²) < 4.78 is 6.22. The molecule has 0 aliphatic carbocycles. The van der Waals surface area contributed by atoms with Crippen molar-refractivity contribution in [3.63, 3.8) is 0 Å². The Balaban J connectivity index is 1.62. The topological polar surface area (TPSA) is 98.3 Å². The van der Waals surface area contributed by atoms with Gasteiger partial charge in [-0.25, -0.2) is 4.98 Å². The minimum atomic E-state index is -0.546. The zero-order valence-corrected chi connectivity index (χ0v) is 15.8. The Morgan fingerprint density at radius 1 is 1.07 bits per heavy atom. The summed E-state index contributed by atoms with van der Waals surface area (Å²) in [4.78, 5) is 27.4. The maximum absolute atomic E-state index is 12.6. The first-order valence-electron chi connectivity index (χ1n) is 8.22. The normalized spacial score (nSPS) is 10.8. The van der Waals surface area contributed by atoms with E-state index in [4.69, 9.17) is 4.42 Å². The molecule has 28 heavy (non-hydrogen) atoms. The van der Waals surface area contributed by atoms with Gasteiger partial charge in [0.1, 0.15) is 5.52 Å². The van der Waals surface area contributed by atoms with E-state index in [9.17, 15) is 14.9 Å². The average Bonchev–Trinajstić information content (AvgIpc) is 3.12. The van der Waals surface area contributed by atoms with Crippen LogP contribution >= 0.6 is 15.9 Å². The van der Waals surface area contributed by atoms with Crippen LogP contribution in [0.4, 0.5) is 11.4 Å². The third kappa shape index (κ3) is 3.49. The molecule has 0 aliphatic rings. The summed E-state index contributed by atoms with van der Waals surface area (Å²) in [5.74, 6) is 0.0159. The van der Waals surface area contributed by atoms with E-state index < -0.39 is 10.8 Å². The van der Waals surface area contributed by atoms with Crippen LogP contribution < -0.4 is 5.32 Å². The molecule has 0 spiro atoms. The number of oxazole rings is 1. The van der Waals surface area contributed by atoms with Gasteiger partial charge < -0.3 is 9.73 Å². The molecular weight excluding hydrogens is 426 g/mol. The van der Waals surface area contributed by atoms with E-state index in [1.807, 2.05) is 30.3 Å². The van der Waals surface area contributed by atoms with E-state index in [0.717, 1.165) is 5.56 Å². The standard InChI is InChI=1S/C20H12BrN3O4/c21-16-8-7-14(24(26)27)11-15(16)19(25)22-13-6-9-18-17(10-13)23-20(28-18)12-4-2-1-3-5-12/h1-11H,(H,22,25). The Morgan fingerprint density at radius 2 is 1.86 bits per heavy atom. The number of carbonyl (C=O) groups is 1. The van der Waals surface area contributed by atoms with Crippen LogP contribution in [0.1, 0.15) is 10.4 Å². The number of nitro groups is 1. The highest BCUT2D eigenvalue weighted by Gasteiger charge is 2.16. The fourth-order valence-corrected chi connectivity index (χ4v) is 3.14. The second-order valence-electron chi connectivity index (χ2n) is 5.94. The zero-order valence-electron chi connectivity index (χ0n) is 14.3. The molecule has 1 heterocycles. The summed E-state index contributed by atoms with van der Waals surface area (Å²) in [6.45, 7) is 0. The number of anilines is 1. The van der Waals surface area contributed by atoms with Gasteiger partial charge in [0.05, 0.1) is 10.5 Å². The molecule has 138 valence electrons. The van der Waals surface area contributed by atoms with E-state index in [2.05, 4.69) is 26.2 Å². The Morgan fingerprint density at radius 3 is 2.61 bits per heavy atom. The fraction of sp³-hybridized carbons (Fsp3) is 0. The van der Waals surface area contributed by atoms with Gasteiger partial charge in [0.15, 0.2) is 5.58 Å². The number of hydrogen-bond donors (Lipinski definition) is 1. The van der Waals surface area contributed by atoms with E-state index in [1.54, 1.807) is 18.2 Å². The largest absolute Gasteiger partial charge is 0.436 e. The molecule has 0 bridgehead atoms. The minimum absolute atomic E-state index is 0.159. The van der Waals surface area contributed by atoms with Crippen molar-refractivity contribution >= 4 is 44.3 Å². The molecule has 0 saturated carbocycles. The van der Waals surface area contributed by atoms with Crippen LogP contribution in [0, 0.1) is 10.1 Å². The lowest BCUT2D eigenvalue weighted by Gasteiger charge is -2.06. The van der Waals surface area contributed by atoms with Crippen molar-refractivity contribution in [2.75, 3.05) is 5.32 Å². The molecule has 7 nitrogen and oxygen atoms in total. The number of nitrogens with zero attached hydrogens (tertiary/aromatic N) is 2. The monoisotopic (exact) mass is 437 g/mol. The molecule has 1 amide bonds. The van der Waals surface area contributed by atoms with Crippen molar-refractivity contribution in [1.29, 1.82) is 0 Å². The Hall–Kier alpha value is -3.52. The molecule has 4 rings (SSSR count). The van der Waals surface area contributed by atoms with Crippen molar-refractivity contribution in [2.45, 2.75) is 0 Å². The summed E-state index contributed by atoms with van der Waals surface area (Å²) in [7, 11) is 0.